The van der Waals surface area contributed by atoms with E-state index in [9.17, 15) is 4.79 Å². The second-order valence-electron chi connectivity index (χ2n) is 5.02. The molecule has 1 aromatic rings. The van der Waals surface area contributed by atoms with Crippen LogP contribution in [-0.4, -0.2) is 30.3 Å². The van der Waals surface area contributed by atoms with Crippen LogP contribution in [0.1, 0.15) is 31.2 Å². The average Bonchev–Trinajstić information content (AvgIpc) is 2.40. The van der Waals surface area contributed by atoms with E-state index >= 15 is 0 Å². The predicted octanol–water partition coefficient (Wildman–Crippen LogP) is 3.14. The van der Waals surface area contributed by atoms with Gasteiger partial charge < -0.3 is 0 Å². The van der Waals surface area contributed by atoms with Crippen LogP contribution < -0.4 is 0 Å². The Morgan fingerprint density at radius 1 is 1.22 bits per heavy atom. The van der Waals surface area contributed by atoms with Crippen LogP contribution in [0.15, 0.2) is 36.4 Å². The van der Waals surface area contributed by atoms with Crippen molar-refractivity contribution >= 4 is 11.9 Å². The molecule has 96 valence electrons. The highest BCUT2D eigenvalue weighted by Crippen LogP contribution is 2.19. The third-order valence-electron chi connectivity index (χ3n) is 3.64. The summed E-state index contributed by atoms with van der Waals surface area (Å²) < 4.78 is 0. The first-order valence-electron chi connectivity index (χ1n) is 6.69. The number of hydrogen-bond donors (Lipinski definition) is 0. The summed E-state index contributed by atoms with van der Waals surface area (Å²) in [6.45, 7) is 0.952. The van der Waals surface area contributed by atoms with Gasteiger partial charge in [0.05, 0.1) is 0 Å². The molecule has 0 amide bonds. The SMILES string of the molecule is CN(C/C=C/c1ccccc1)C1CCC(=O)CC1. The normalized spacial score (nSPS) is 17.8. The Labute approximate surface area is 109 Å². The van der Waals surface area contributed by atoms with Gasteiger partial charge in [0.2, 0.25) is 0 Å². The van der Waals surface area contributed by atoms with Crippen molar-refractivity contribution in [3.63, 3.8) is 0 Å². The van der Waals surface area contributed by atoms with E-state index < -0.39 is 0 Å². The van der Waals surface area contributed by atoms with Gasteiger partial charge in [0.25, 0.3) is 0 Å². The lowest BCUT2D eigenvalue weighted by Gasteiger charge is -2.29. The Morgan fingerprint density at radius 3 is 2.56 bits per heavy atom. The molecule has 1 aromatic carbocycles. The first kappa shape index (κ1) is 13.0. The van der Waals surface area contributed by atoms with Crippen LogP contribution in [0.3, 0.4) is 0 Å². The first-order valence-corrected chi connectivity index (χ1v) is 6.69. The smallest absolute Gasteiger partial charge is 0.133 e. The molecule has 2 nitrogen and oxygen atoms in total. The minimum atomic E-state index is 0.430. The van der Waals surface area contributed by atoms with E-state index in [1.807, 2.05) is 6.07 Å². The zero-order chi connectivity index (χ0) is 12.8. The highest BCUT2D eigenvalue weighted by Gasteiger charge is 2.21. The van der Waals surface area contributed by atoms with Crippen molar-refractivity contribution in [1.29, 1.82) is 0 Å². The van der Waals surface area contributed by atoms with Crippen molar-refractivity contribution in [3.05, 3.63) is 42.0 Å². The standard InChI is InChI=1S/C16H21NO/c1-17(15-9-11-16(18)12-10-15)13-5-8-14-6-3-2-4-7-14/h2-8,15H,9-13H2,1H3/b8-5+. The lowest BCUT2D eigenvalue weighted by Crippen LogP contribution is -2.35. The number of ketones is 1. The summed E-state index contributed by atoms with van der Waals surface area (Å²) in [4.78, 5) is 13.6. The van der Waals surface area contributed by atoms with E-state index in [1.54, 1.807) is 0 Å². The number of rotatable bonds is 4. The molecular formula is C16H21NO. The van der Waals surface area contributed by atoms with Gasteiger partial charge in [-0.15, -0.1) is 0 Å². The molecule has 0 radical (unpaired) electrons. The van der Waals surface area contributed by atoms with Crippen LogP contribution in [0.2, 0.25) is 0 Å². The van der Waals surface area contributed by atoms with E-state index in [0.717, 1.165) is 32.2 Å². The molecule has 1 aliphatic rings. The number of carbonyl (C=O) groups is 1. The zero-order valence-corrected chi connectivity index (χ0v) is 11.0. The van der Waals surface area contributed by atoms with Gasteiger partial charge in [0.15, 0.2) is 0 Å². The molecule has 0 saturated heterocycles. The summed E-state index contributed by atoms with van der Waals surface area (Å²) in [6.07, 6.45) is 7.92. The summed E-state index contributed by atoms with van der Waals surface area (Å²) in [7, 11) is 2.15. The molecule has 0 N–H and O–H groups in total. The van der Waals surface area contributed by atoms with Crippen molar-refractivity contribution in [3.8, 4) is 0 Å². The topological polar surface area (TPSA) is 20.3 Å². The number of carbonyl (C=O) groups excluding carboxylic acids is 1. The summed E-state index contributed by atoms with van der Waals surface area (Å²) in [5.41, 5.74) is 1.24. The van der Waals surface area contributed by atoms with Crippen molar-refractivity contribution in [2.45, 2.75) is 31.7 Å². The fourth-order valence-corrected chi connectivity index (χ4v) is 2.43. The highest BCUT2D eigenvalue weighted by molar-refractivity contribution is 5.79. The second kappa shape index (κ2) is 6.50. The van der Waals surface area contributed by atoms with Crippen LogP contribution in [0.25, 0.3) is 6.08 Å². The van der Waals surface area contributed by atoms with Crippen molar-refractivity contribution < 1.29 is 4.79 Å². The Bertz CT molecular complexity index is 400. The predicted molar refractivity (Wildman–Crippen MR) is 75.4 cm³/mol. The molecule has 0 aromatic heterocycles. The first-order chi connectivity index (χ1) is 8.75. The maximum atomic E-state index is 11.2. The number of hydrogen-bond acceptors (Lipinski definition) is 2. The molecule has 1 saturated carbocycles. The quantitative estimate of drug-likeness (QED) is 0.809. The minimum Gasteiger partial charge on any atom is -0.300 e. The number of nitrogens with zero attached hydrogens (tertiary/aromatic N) is 1. The molecule has 0 atom stereocenters. The fourth-order valence-electron chi connectivity index (χ4n) is 2.43. The van der Waals surface area contributed by atoms with E-state index in [-0.39, 0.29) is 0 Å². The number of likely N-dealkylation sites (N-methyl/N-ethyl adjacent to an activating group) is 1. The van der Waals surface area contributed by atoms with Gasteiger partial charge in [0.1, 0.15) is 5.78 Å². The van der Waals surface area contributed by atoms with Crippen LogP contribution in [0.5, 0.6) is 0 Å². The van der Waals surface area contributed by atoms with Gasteiger partial charge in [-0.3, -0.25) is 9.69 Å². The number of benzene rings is 1. The van der Waals surface area contributed by atoms with Crippen molar-refractivity contribution in [2.75, 3.05) is 13.6 Å². The molecule has 0 spiro atoms. The van der Waals surface area contributed by atoms with Crippen LogP contribution in [0.4, 0.5) is 0 Å². The van der Waals surface area contributed by atoms with Crippen molar-refractivity contribution in [1.82, 2.24) is 4.90 Å². The van der Waals surface area contributed by atoms with E-state index in [1.165, 1.54) is 5.56 Å². The zero-order valence-electron chi connectivity index (χ0n) is 11.0. The maximum Gasteiger partial charge on any atom is 0.133 e. The fraction of sp³-hybridized carbons (Fsp3) is 0.438. The lowest BCUT2D eigenvalue weighted by molar-refractivity contribution is -0.121. The summed E-state index contributed by atoms with van der Waals surface area (Å²) in [5, 5.41) is 0. The Morgan fingerprint density at radius 2 is 1.89 bits per heavy atom. The molecule has 0 bridgehead atoms. The Balaban J connectivity index is 1.79. The third-order valence-corrected chi connectivity index (χ3v) is 3.64. The van der Waals surface area contributed by atoms with E-state index in [0.29, 0.717) is 11.8 Å². The van der Waals surface area contributed by atoms with Crippen LogP contribution in [0, 0.1) is 0 Å². The van der Waals surface area contributed by atoms with Gasteiger partial charge in [-0.1, -0.05) is 42.5 Å². The van der Waals surface area contributed by atoms with Crippen LogP contribution >= 0.6 is 0 Å². The molecule has 0 heterocycles. The second-order valence-corrected chi connectivity index (χ2v) is 5.02. The lowest BCUT2D eigenvalue weighted by atomic mass is 9.93. The van der Waals surface area contributed by atoms with Crippen molar-refractivity contribution in [2.24, 2.45) is 0 Å². The molecule has 1 aliphatic carbocycles. The van der Waals surface area contributed by atoms with E-state index in [2.05, 4.69) is 48.4 Å². The van der Waals surface area contributed by atoms with Crippen LogP contribution in [-0.2, 0) is 4.79 Å². The molecule has 0 aliphatic heterocycles. The maximum absolute atomic E-state index is 11.2. The molecular weight excluding hydrogens is 222 g/mol. The summed E-state index contributed by atoms with van der Waals surface area (Å²) >= 11 is 0. The minimum absolute atomic E-state index is 0.430. The van der Waals surface area contributed by atoms with Gasteiger partial charge in [0, 0.05) is 25.4 Å². The van der Waals surface area contributed by atoms with E-state index in [4.69, 9.17) is 0 Å². The summed E-state index contributed by atoms with van der Waals surface area (Å²) in [5.74, 6) is 0.430. The Kier molecular flexibility index (Phi) is 4.71. The largest absolute Gasteiger partial charge is 0.300 e. The molecule has 1 fully saturated rings. The van der Waals surface area contributed by atoms with Gasteiger partial charge in [-0.2, -0.15) is 0 Å². The third kappa shape index (κ3) is 3.81. The molecule has 2 heteroatoms. The molecule has 0 unspecified atom stereocenters. The highest BCUT2D eigenvalue weighted by atomic mass is 16.1. The van der Waals surface area contributed by atoms with Gasteiger partial charge in [-0.25, -0.2) is 0 Å². The molecule has 2 rings (SSSR count). The molecule has 18 heavy (non-hydrogen) atoms. The van der Waals surface area contributed by atoms with Gasteiger partial charge in [-0.05, 0) is 25.5 Å². The Hall–Kier alpha value is -1.41. The summed E-state index contributed by atoms with van der Waals surface area (Å²) in [6, 6.07) is 10.9. The number of Topliss-reactive ketones (excluding diaryl/α,β-unsaturated/α-hetero) is 1. The van der Waals surface area contributed by atoms with Gasteiger partial charge >= 0.3 is 0 Å². The monoisotopic (exact) mass is 243 g/mol. The average molecular weight is 243 g/mol.